The van der Waals surface area contributed by atoms with Crippen molar-refractivity contribution < 1.29 is 76.0 Å². The number of carbonyl (C=O) groups is 4. The second kappa shape index (κ2) is 48.7. The Bertz CT molecular complexity index is 4900. The maximum Gasteiger partial charge on any atom is 0.231 e. The van der Waals surface area contributed by atoms with Crippen molar-refractivity contribution in [1.82, 2.24) is 4.90 Å². The monoisotopic (exact) mass is 1600 g/mol. The number of nitrogens with zero attached hydrogens (tertiary/aromatic N) is 1. The minimum atomic E-state index is -0.273. The second-order valence-corrected chi connectivity index (χ2v) is 27.3. The van der Waals surface area contributed by atoms with Crippen LogP contribution in [-0.2, 0) is 38.7 Å². The van der Waals surface area contributed by atoms with Crippen molar-refractivity contribution in [3.63, 3.8) is 0 Å². The lowest BCUT2D eigenvalue weighted by Crippen LogP contribution is -2.31. The predicted molar refractivity (Wildman–Crippen MR) is 461 cm³/mol. The number of carbonyl (C=O) groups excluding carboxylic acids is 4. The number of unbranched alkanes of at least 4 members (excludes halogenated alkanes) is 1. The number of para-hydroxylation sites is 4. The van der Waals surface area contributed by atoms with Crippen LogP contribution in [0.3, 0.4) is 0 Å². The molecule has 117 heavy (non-hydrogen) atoms. The second-order valence-electron chi connectivity index (χ2n) is 26.8. The summed E-state index contributed by atoms with van der Waals surface area (Å²) < 4.78 is 65.1. The van der Waals surface area contributed by atoms with Crippen LogP contribution in [0.25, 0.3) is 6.08 Å². The molecule has 4 heterocycles. The third-order valence-corrected chi connectivity index (χ3v) is 19.7. The fourth-order valence-corrected chi connectivity index (χ4v) is 13.4. The van der Waals surface area contributed by atoms with Gasteiger partial charge in [-0.15, -0.1) is 0 Å². The Morgan fingerprint density at radius 3 is 1.25 bits per heavy atom. The summed E-state index contributed by atoms with van der Waals surface area (Å²) in [4.78, 5) is 45.4. The number of allylic oxidation sites excluding steroid dienone is 1. The molecule has 0 aromatic heterocycles. The first-order chi connectivity index (χ1) is 57.3. The number of rotatable bonds is 28. The lowest BCUT2D eigenvalue weighted by atomic mass is 9.73. The van der Waals surface area contributed by atoms with E-state index < -0.39 is 0 Å². The van der Waals surface area contributed by atoms with E-state index in [0.29, 0.717) is 52.5 Å². The zero-order valence-corrected chi connectivity index (χ0v) is 68.2. The minimum absolute atomic E-state index is 0.0450. The average molecular weight is 1600 g/mol. The number of ether oxygens (including phenoxy) is 12. The summed E-state index contributed by atoms with van der Waals surface area (Å²) in [7, 11) is 8.70. The Kier molecular flexibility index (Phi) is 36.8. The van der Waals surface area contributed by atoms with E-state index in [2.05, 4.69) is 78.9 Å². The molecule has 3 atom stereocenters. The summed E-state index contributed by atoms with van der Waals surface area (Å²) in [6.45, 7) is 8.65. The highest BCUT2D eigenvalue weighted by atomic mass is 35.5. The number of hydrogen-bond acceptors (Lipinski definition) is 17. The van der Waals surface area contributed by atoms with Gasteiger partial charge in [-0.3, -0.25) is 14.4 Å². The van der Waals surface area contributed by atoms with Gasteiger partial charge in [0.1, 0.15) is 42.8 Å². The SMILES string of the molecule is CCC(=O)Cl.CCC(=O)N(CCC(c1ccc2c(c1)OCO2)c1ccccc1OC)Cc1ccccc1.COc1ccccc1/C=C/C=O.COc1ccccc1C(CC=O)c1ccc2c(c1)OCO2.COc1ccccc1C(CCCCc1ccccc1)c1ccc2c(c1)OCO2.C[B]c1ccc2c(c1)OCO2.NCc1ccccc1. The van der Waals surface area contributed by atoms with Gasteiger partial charge in [0.2, 0.25) is 38.3 Å². The van der Waals surface area contributed by atoms with Gasteiger partial charge in [-0.1, -0.05) is 221 Å². The standard InChI is InChI=1S/C27H29NO4.C25H26O3.C17H16O4.C10H10O2.C8H8BO2.C7H9N.C3H5ClO/c1-3-27(29)28(18-20-9-5-4-6-10-20)16-15-22(23-11-7-8-12-24(23)30-2)21-13-14-25-26(17-21)32-19-31-25;1-26-23-14-8-7-13-22(23)21(12-6-5-11-19-9-3-2-4-10-19)20-15-16-24-25(17-20)28-18-27-24;1-19-15-5-3-2-4-14(15)13(8-9-18)12-6-7-16-17(10-12)21-11-20-16;1-12-10-7-3-2-5-9(10)6-4-8-11;1-9-6-2-3-7-8(4-6)11-5-10-7;8-6-7-4-2-1-3-5-7;1-2-3(4)5/h4-14,17,22H,3,15-16,18-19H2,1-2H3;2-4,7-10,13-17,21H,5-6,11-12,18H2,1H3;2-7,9-10,13H,8,11H2,1H3;2-8H,1H3;2-4H,5H2,1H3;1-5H,6,8H2;2H2,1H3/b;;;6-4+;;;. The first-order valence-corrected chi connectivity index (χ1v) is 39.5. The molecule has 0 fully saturated rings. The number of nitrogens with two attached hydrogens (primary N) is 1. The molecule has 1 amide bonds. The van der Waals surface area contributed by atoms with Crippen molar-refractivity contribution in [2.45, 2.75) is 103 Å². The largest absolute Gasteiger partial charge is 0.496 e. The van der Waals surface area contributed by atoms with Crippen LogP contribution in [0.2, 0.25) is 6.82 Å². The number of halogens is 1. The molecule has 0 saturated carbocycles. The van der Waals surface area contributed by atoms with Gasteiger partial charge in [-0.2, -0.15) is 0 Å². The van der Waals surface area contributed by atoms with Crippen LogP contribution in [0, 0.1) is 0 Å². The number of hydrogen-bond donors (Lipinski definition) is 1. The zero-order valence-electron chi connectivity index (χ0n) is 67.5. The van der Waals surface area contributed by atoms with E-state index >= 15 is 0 Å². The molecule has 3 unspecified atom stereocenters. The van der Waals surface area contributed by atoms with Crippen molar-refractivity contribution in [2.24, 2.45) is 5.73 Å². The van der Waals surface area contributed by atoms with Gasteiger partial charge < -0.3 is 72.3 Å². The molecule has 15 rings (SSSR count). The molecule has 11 aromatic rings. The normalized spacial score (nSPS) is 12.4. The Hall–Kier alpha value is -12.4. The quantitative estimate of drug-likeness (QED) is 0.0159. The summed E-state index contributed by atoms with van der Waals surface area (Å²) in [6.07, 6.45) is 11.4. The number of aldehydes is 2. The summed E-state index contributed by atoms with van der Waals surface area (Å²) in [5, 5.41) is -0.273. The molecular formula is C97H103BClN2O16. The lowest BCUT2D eigenvalue weighted by molar-refractivity contribution is -0.131. The van der Waals surface area contributed by atoms with Crippen LogP contribution >= 0.6 is 11.6 Å². The molecule has 1 radical (unpaired) electrons. The Balaban J connectivity index is 0.000000167. The fourth-order valence-electron chi connectivity index (χ4n) is 13.4. The highest BCUT2D eigenvalue weighted by Crippen LogP contribution is 2.44. The smallest absolute Gasteiger partial charge is 0.231 e. The van der Waals surface area contributed by atoms with E-state index in [4.69, 9.17) is 74.2 Å². The third-order valence-electron chi connectivity index (χ3n) is 19.5. The molecule has 18 nitrogen and oxygen atoms in total. The molecule has 0 bridgehead atoms. The lowest BCUT2D eigenvalue weighted by Gasteiger charge is -2.27. The topological polar surface area (TPSA) is 208 Å². The van der Waals surface area contributed by atoms with Gasteiger partial charge in [0, 0.05) is 78.9 Å². The molecule has 20 heteroatoms. The fraction of sp³-hybridized carbons (Fsp3) is 0.258. The van der Waals surface area contributed by atoms with Crippen molar-refractivity contribution >= 4 is 54.1 Å². The molecule has 2 N–H and O–H groups in total. The molecule has 4 aliphatic heterocycles. The number of fused-ring (bicyclic) bond motifs is 4. The van der Waals surface area contributed by atoms with Crippen LogP contribution < -0.4 is 68.0 Å². The van der Waals surface area contributed by atoms with Gasteiger partial charge >= 0.3 is 0 Å². The average Bonchev–Trinajstić information content (AvgIpc) is 1.80. The van der Waals surface area contributed by atoms with Gasteiger partial charge in [-0.25, -0.2) is 0 Å². The van der Waals surface area contributed by atoms with Crippen LogP contribution in [0.1, 0.15) is 132 Å². The summed E-state index contributed by atoms with van der Waals surface area (Å²) in [5.74, 6) is 10.1. The molecule has 11 aromatic carbocycles. The van der Waals surface area contributed by atoms with E-state index in [1.807, 2.05) is 208 Å². The summed E-state index contributed by atoms with van der Waals surface area (Å²) in [5.41, 5.74) is 17.8. The van der Waals surface area contributed by atoms with Gasteiger partial charge in [-0.05, 0) is 156 Å². The first kappa shape index (κ1) is 88.5. The molecule has 4 aliphatic rings. The van der Waals surface area contributed by atoms with Crippen molar-refractivity contribution in [2.75, 3.05) is 62.2 Å². The third kappa shape index (κ3) is 27.1. The maximum atomic E-state index is 12.7. The van der Waals surface area contributed by atoms with Gasteiger partial charge in [0.05, 0.1) is 28.4 Å². The Morgan fingerprint density at radius 1 is 0.444 bits per heavy atom. The molecule has 0 spiro atoms. The van der Waals surface area contributed by atoms with Crippen molar-refractivity contribution in [1.29, 1.82) is 0 Å². The van der Waals surface area contributed by atoms with E-state index in [1.165, 1.54) is 34.8 Å². The first-order valence-electron chi connectivity index (χ1n) is 39.1. The zero-order chi connectivity index (χ0) is 82.8. The summed E-state index contributed by atoms with van der Waals surface area (Å²) in [6, 6.07) is 86.5. The van der Waals surface area contributed by atoms with Crippen LogP contribution in [0.5, 0.6) is 69.0 Å². The number of aryl methyl sites for hydroxylation is 1. The molecule has 0 saturated heterocycles. The molecular weight excluding hydrogens is 1500 g/mol. The molecule has 607 valence electrons. The van der Waals surface area contributed by atoms with Crippen LogP contribution in [0.4, 0.5) is 0 Å². The van der Waals surface area contributed by atoms with E-state index in [1.54, 1.807) is 41.4 Å². The van der Waals surface area contributed by atoms with Crippen molar-refractivity contribution in [3.8, 4) is 69.0 Å². The minimum Gasteiger partial charge on any atom is -0.496 e. The van der Waals surface area contributed by atoms with E-state index in [9.17, 15) is 19.2 Å². The van der Waals surface area contributed by atoms with E-state index in [0.717, 1.165) is 146 Å². The number of amides is 1. The predicted octanol–water partition coefficient (Wildman–Crippen LogP) is 19.5. The Labute approximate surface area is 693 Å². The number of benzene rings is 11. The van der Waals surface area contributed by atoms with Crippen LogP contribution in [0.15, 0.2) is 267 Å². The highest BCUT2D eigenvalue weighted by Gasteiger charge is 2.27. The van der Waals surface area contributed by atoms with Gasteiger partial charge in [0.15, 0.2) is 46.0 Å². The number of methoxy groups -OCH3 is 4. The van der Waals surface area contributed by atoms with E-state index in [-0.39, 0.29) is 42.5 Å². The highest BCUT2D eigenvalue weighted by molar-refractivity contribution is 6.63. The van der Waals surface area contributed by atoms with Crippen LogP contribution in [-0.4, -0.2) is 98.1 Å². The molecule has 0 aliphatic carbocycles. The van der Waals surface area contributed by atoms with Gasteiger partial charge in [0.25, 0.3) is 0 Å². The van der Waals surface area contributed by atoms with Crippen molar-refractivity contribution in [3.05, 3.63) is 323 Å². The Morgan fingerprint density at radius 2 is 0.829 bits per heavy atom. The maximum absolute atomic E-state index is 12.7. The summed E-state index contributed by atoms with van der Waals surface area (Å²) >= 11 is 4.82.